The average molecular weight is 259 g/mol. The number of aryl methyl sites for hydroxylation is 1. The van der Waals surface area contributed by atoms with Crippen LogP contribution < -0.4 is 10.5 Å². The molecule has 2 rings (SSSR count). The minimum absolute atomic E-state index is 0.0672. The first-order chi connectivity index (χ1) is 9.31. The molecule has 1 atom stereocenters. The van der Waals surface area contributed by atoms with Crippen LogP contribution in [0.25, 0.3) is 0 Å². The van der Waals surface area contributed by atoms with E-state index in [9.17, 15) is 0 Å². The Balaban J connectivity index is 1.78. The van der Waals surface area contributed by atoms with Crippen LogP contribution >= 0.6 is 0 Å². The Bertz CT molecular complexity index is 481. The number of benzene rings is 1. The number of imidazole rings is 1. The fraction of sp³-hybridized carbons (Fsp3) is 0.400. The van der Waals surface area contributed by atoms with Crippen LogP contribution in [0.15, 0.2) is 42.9 Å². The lowest BCUT2D eigenvalue weighted by atomic mass is 10.2. The lowest BCUT2D eigenvalue weighted by Gasteiger charge is -2.13. The van der Waals surface area contributed by atoms with Gasteiger partial charge in [-0.1, -0.05) is 25.1 Å². The molecule has 0 amide bonds. The molecular formula is C15H21N3O. The number of nitrogens with zero attached hydrogens (tertiary/aromatic N) is 2. The Morgan fingerprint density at radius 1 is 1.32 bits per heavy atom. The summed E-state index contributed by atoms with van der Waals surface area (Å²) in [7, 11) is 0. The molecule has 2 N–H and O–H groups in total. The molecule has 4 heteroatoms. The molecule has 0 fully saturated rings. The molecule has 0 saturated heterocycles. The Morgan fingerprint density at radius 2 is 2.11 bits per heavy atom. The minimum atomic E-state index is 0.0672. The van der Waals surface area contributed by atoms with Gasteiger partial charge in [-0.05, 0) is 25.0 Å². The normalized spacial score (nSPS) is 12.3. The maximum absolute atomic E-state index is 6.04. The second-order valence-electron chi connectivity index (χ2n) is 4.54. The van der Waals surface area contributed by atoms with Crippen LogP contribution in [0.3, 0.4) is 0 Å². The van der Waals surface area contributed by atoms with Gasteiger partial charge in [0.05, 0.1) is 18.6 Å². The van der Waals surface area contributed by atoms with Gasteiger partial charge in [-0.15, -0.1) is 0 Å². The molecule has 1 aromatic heterocycles. The van der Waals surface area contributed by atoms with Crippen molar-refractivity contribution in [2.75, 3.05) is 6.61 Å². The molecule has 4 nitrogen and oxygen atoms in total. The van der Waals surface area contributed by atoms with Crippen LogP contribution in [0.4, 0.5) is 0 Å². The number of nitrogens with two attached hydrogens (primary N) is 1. The molecule has 0 aliphatic heterocycles. The van der Waals surface area contributed by atoms with Gasteiger partial charge in [0.1, 0.15) is 5.75 Å². The molecule has 19 heavy (non-hydrogen) atoms. The Kier molecular flexibility index (Phi) is 4.98. The van der Waals surface area contributed by atoms with Crippen LogP contribution in [0.2, 0.25) is 0 Å². The zero-order valence-electron chi connectivity index (χ0n) is 11.3. The molecule has 0 saturated carbocycles. The molecule has 0 unspecified atom stereocenters. The summed E-state index contributed by atoms with van der Waals surface area (Å²) in [6.45, 7) is 3.67. The van der Waals surface area contributed by atoms with Crippen molar-refractivity contribution in [1.82, 2.24) is 9.55 Å². The number of rotatable bonds is 7. The second kappa shape index (κ2) is 6.95. The van der Waals surface area contributed by atoms with Gasteiger partial charge >= 0.3 is 0 Å². The quantitative estimate of drug-likeness (QED) is 0.778. The van der Waals surface area contributed by atoms with Gasteiger partial charge in [0.2, 0.25) is 0 Å². The lowest BCUT2D eigenvalue weighted by Crippen LogP contribution is -2.15. The third-order valence-corrected chi connectivity index (χ3v) is 3.12. The summed E-state index contributed by atoms with van der Waals surface area (Å²) in [4.78, 5) is 4.17. The lowest BCUT2D eigenvalue weighted by molar-refractivity contribution is 0.300. The highest BCUT2D eigenvalue weighted by atomic mass is 16.5. The Hall–Kier alpha value is -1.81. The first-order valence-electron chi connectivity index (χ1n) is 6.74. The predicted octanol–water partition coefficient (Wildman–Crippen LogP) is 2.76. The summed E-state index contributed by atoms with van der Waals surface area (Å²) >= 11 is 0. The smallest absolute Gasteiger partial charge is 0.119 e. The van der Waals surface area contributed by atoms with Gasteiger partial charge in [0.25, 0.3) is 0 Å². The standard InChI is InChI=1S/C15H21N3O/c1-2-14(16)15-11-17-12-18(15)9-6-10-19-13-7-4-3-5-8-13/h3-5,7-8,11-12,14H,2,6,9-10,16H2,1H3/t14-/m1/s1. The van der Waals surface area contributed by atoms with E-state index in [4.69, 9.17) is 10.5 Å². The van der Waals surface area contributed by atoms with Gasteiger partial charge in [-0.3, -0.25) is 0 Å². The Morgan fingerprint density at radius 3 is 2.84 bits per heavy atom. The highest BCUT2D eigenvalue weighted by Crippen LogP contribution is 2.14. The van der Waals surface area contributed by atoms with E-state index in [-0.39, 0.29) is 6.04 Å². The fourth-order valence-electron chi connectivity index (χ4n) is 1.98. The summed E-state index contributed by atoms with van der Waals surface area (Å²) in [6, 6.07) is 9.94. The van der Waals surface area contributed by atoms with E-state index in [1.165, 1.54) is 0 Å². The first kappa shape index (κ1) is 13.6. The zero-order chi connectivity index (χ0) is 13.5. The summed E-state index contributed by atoms with van der Waals surface area (Å²) in [5.74, 6) is 0.915. The maximum atomic E-state index is 6.04. The van der Waals surface area contributed by atoms with Crippen molar-refractivity contribution in [2.45, 2.75) is 32.4 Å². The molecule has 0 aliphatic rings. The third-order valence-electron chi connectivity index (χ3n) is 3.12. The fourth-order valence-corrected chi connectivity index (χ4v) is 1.98. The van der Waals surface area contributed by atoms with Crippen molar-refractivity contribution in [1.29, 1.82) is 0 Å². The number of ether oxygens (including phenoxy) is 1. The number of hydrogen-bond donors (Lipinski definition) is 1. The molecule has 1 aromatic carbocycles. The summed E-state index contributed by atoms with van der Waals surface area (Å²) in [5, 5.41) is 0. The van der Waals surface area contributed by atoms with Gasteiger partial charge in [0.15, 0.2) is 0 Å². The monoisotopic (exact) mass is 259 g/mol. The molecule has 2 aromatic rings. The summed E-state index contributed by atoms with van der Waals surface area (Å²) in [6.07, 6.45) is 5.56. The number of aromatic nitrogens is 2. The van der Waals surface area contributed by atoms with Crippen molar-refractivity contribution in [3.63, 3.8) is 0 Å². The van der Waals surface area contributed by atoms with Crippen molar-refractivity contribution >= 4 is 0 Å². The summed E-state index contributed by atoms with van der Waals surface area (Å²) in [5.41, 5.74) is 7.14. The van der Waals surface area contributed by atoms with E-state index < -0.39 is 0 Å². The maximum Gasteiger partial charge on any atom is 0.119 e. The van der Waals surface area contributed by atoms with Crippen LogP contribution in [-0.2, 0) is 6.54 Å². The molecule has 0 bridgehead atoms. The van der Waals surface area contributed by atoms with Crippen molar-refractivity contribution in [3.05, 3.63) is 48.5 Å². The van der Waals surface area contributed by atoms with Gasteiger partial charge in [0, 0.05) is 18.8 Å². The predicted molar refractivity (Wildman–Crippen MR) is 76.0 cm³/mol. The van der Waals surface area contributed by atoms with E-state index in [1.54, 1.807) is 0 Å². The highest BCUT2D eigenvalue weighted by molar-refractivity contribution is 5.20. The van der Waals surface area contributed by atoms with E-state index in [1.807, 2.05) is 42.9 Å². The van der Waals surface area contributed by atoms with Crippen molar-refractivity contribution in [2.24, 2.45) is 5.73 Å². The molecule has 102 valence electrons. The number of para-hydroxylation sites is 1. The largest absolute Gasteiger partial charge is 0.494 e. The highest BCUT2D eigenvalue weighted by Gasteiger charge is 2.08. The van der Waals surface area contributed by atoms with Gasteiger partial charge in [-0.25, -0.2) is 4.98 Å². The first-order valence-corrected chi connectivity index (χ1v) is 6.74. The van der Waals surface area contributed by atoms with Crippen molar-refractivity contribution < 1.29 is 4.74 Å². The van der Waals surface area contributed by atoms with E-state index in [0.717, 1.165) is 30.8 Å². The van der Waals surface area contributed by atoms with Gasteiger partial charge < -0.3 is 15.0 Å². The van der Waals surface area contributed by atoms with E-state index in [2.05, 4.69) is 16.5 Å². The second-order valence-corrected chi connectivity index (χ2v) is 4.54. The third kappa shape index (κ3) is 3.83. The summed E-state index contributed by atoms with van der Waals surface area (Å²) < 4.78 is 7.78. The van der Waals surface area contributed by atoms with Crippen LogP contribution in [0.5, 0.6) is 5.75 Å². The molecule has 0 radical (unpaired) electrons. The molecule has 1 heterocycles. The SMILES string of the molecule is CC[C@@H](N)c1cncn1CCCOc1ccccc1. The molecular weight excluding hydrogens is 238 g/mol. The van der Waals surface area contributed by atoms with Crippen molar-refractivity contribution in [3.8, 4) is 5.75 Å². The van der Waals surface area contributed by atoms with Gasteiger partial charge in [-0.2, -0.15) is 0 Å². The molecule has 0 spiro atoms. The zero-order valence-corrected chi connectivity index (χ0v) is 11.3. The Labute approximate surface area is 114 Å². The van der Waals surface area contributed by atoms with E-state index >= 15 is 0 Å². The van der Waals surface area contributed by atoms with Crippen LogP contribution in [-0.4, -0.2) is 16.2 Å². The van der Waals surface area contributed by atoms with Crippen LogP contribution in [0.1, 0.15) is 31.5 Å². The van der Waals surface area contributed by atoms with Crippen LogP contribution in [0, 0.1) is 0 Å². The average Bonchev–Trinajstić information content (AvgIpc) is 2.92. The van der Waals surface area contributed by atoms with E-state index in [0.29, 0.717) is 6.61 Å². The molecule has 0 aliphatic carbocycles. The topological polar surface area (TPSA) is 53.1 Å². The minimum Gasteiger partial charge on any atom is -0.494 e. The number of hydrogen-bond acceptors (Lipinski definition) is 3.